The van der Waals surface area contributed by atoms with Crippen molar-refractivity contribution < 1.29 is 0 Å². The van der Waals surface area contributed by atoms with Crippen molar-refractivity contribution in [1.82, 2.24) is 5.32 Å². The lowest BCUT2D eigenvalue weighted by Crippen LogP contribution is -2.43. The van der Waals surface area contributed by atoms with Crippen LogP contribution in [-0.2, 0) is 0 Å². The molecule has 1 aromatic rings. The van der Waals surface area contributed by atoms with Gasteiger partial charge in [0.1, 0.15) is 0 Å². The molecule has 1 aliphatic heterocycles. The molecule has 1 unspecified atom stereocenters. The van der Waals surface area contributed by atoms with E-state index in [0.717, 1.165) is 6.54 Å². The Balaban J connectivity index is 2.36. The van der Waals surface area contributed by atoms with Crippen LogP contribution in [0.15, 0.2) is 17.0 Å². The van der Waals surface area contributed by atoms with Crippen molar-refractivity contribution in [3.05, 3.63) is 23.3 Å². The van der Waals surface area contributed by atoms with Gasteiger partial charge in [-0.1, -0.05) is 6.07 Å². The number of rotatable bonds is 2. The summed E-state index contributed by atoms with van der Waals surface area (Å²) >= 11 is 1.99. The normalized spacial score (nSPS) is 19.8. The van der Waals surface area contributed by atoms with E-state index in [-0.39, 0.29) is 0 Å². The quantitative estimate of drug-likeness (QED) is 0.849. The molecule has 1 aromatic carbocycles. The van der Waals surface area contributed by atoms with Gasteiger partial charge in [0.25, 0.3) is 0 Å². The first kappa shape index (κ1) is 11.8. The molecule has 3 heteroatoms. The van der Waals surface area contributed by atoms with Crippen LogP contribution >= 0.6 is 11.8 Å². The fourth-order valence-corrected chi connectivity index (χ4v) is 3.82. The molecule has 1 atom stereocenters. The van der Waals surface area contributed by atoms with Gasteiger partial charge in [0.15, 0.2) is 0 Å². The molecule has 1 heterocycles. The molecule has 1 aliphatic rings. The standard InChI is InChI=1S/C13H20N2S/c1-9-5-10(2)13-12(6-9)16-8-11(7-14-3)15(13)4/h5-6,11,14H,7-8H2,1-4H3. The predicted octanol–water partition coefficient (Wildman–Crippen LogP) is 2.43. The molecule has 0 saturated heterocycles. The van der Waals surface area contributed by atoms with E-state index >= 15 is 0 Å². The first-order chi connectivity index (χ1) is 7.63. The Bertz CT molecular complexity index is 390. The number of likely N-dealkylation sites (N-methyl/N-ethyl adjacent to an activating group) is 2. The number of thioether (sulfide) groups is 1. The van der Waals surface area contributed by atoms with Gasteiger partial charge < -0.3 is 10.2 Å². The van der Waals surface area contributed by atoms with Gasteiger partial charge >= 0.3 is 0 Å². The minimum absolute atomic E-state index is 0.601. The highest BCUT2D eigenvalue weighted by Gasteiger charge is 2.24. The zero-order valence-corrected chi connectivity index (χ0v) is 11.3. The summed E-state index contributed by atoms with van der Waals surface area (Å²) in [6.45, 7) is 5.44. The van der Waals surface area contributed by atoms with E-state index in [4.69, 9.17) is 0 Å². The molecule has 0 fully saturated rings. The van der Waals surface area contributed by atoms with Gasteiger partial charge in [-0.15, -0.1) is 11.8 Å². The average Bonchev–Trinajstić information content (AvgIpc) is 2.21. The molecule has 0 saturated carbocycles. The fraction of sp³-hybridized carbons (Fsp3) is 0.538. The van der Waals surface area contributed by atoms with Gasteiger partial charge in [0.2, 0.25) is 0 Å². The van der Waals surface area contributed by atoms with Crippen LogP contribution in [0.2, 0.25) is 0 Å². The summed E-state index contributed by atoms with van der Waals surface area (Å²) in [5.41, 5.74) is 4.18. The van der Waals surface area contributed by atoms with E-state index in [2.05, 4.69) is 43.2 Å². The van der Waals surface area contributed by atoms with E-state index in [1.807, 2.05) is 18.8 Å². The van der Waals surface area contributed by atoms with Crippen LogP contribution in [0.3, 0.4) is 0 Å². The zero-order chi connectivity index (χ0) is 11.7. The topological polar surface area (TPSA) is 15.3 Å². The van der Waals surface area contributed by atoms with Crippen molar-refractivity contribution in [2.24, 2.45) is 0 Å². The summed E-state index contributed by atoms with van der Waals surface area (Å²) < 4.78 is 0. The molecule has 0 aromatic heterocycles. The summed E-state index contributed by atoms with van der Waals surface area (Å²) in [6, 6.07) is 5.18. The molecule has 0 aliphatic carbocycles. The zero-order valence-electron chi connectivity index (χ0n) is 10.5. The monoisotopic (exact) mass is 236 g/mol. The Morgan fingerprint density at radius 3 is 2.88 bits per heavy atom. The number of anilines is 1. The van der Waals surface area contributed by atoms with Crippen LogP contribution in [0.4, 0.5) is 5.69 Å². The molecule has 2 rings (SSSR count). The van der Waals surface area contributed by atoms with Gasteiger partial charge in [-0.05, 0) is 38.1 Å². The number of nitrogens with zero attached hydrogens (tertiary/aromatic N) is 1. The van der Waals surface area contributed by atoms with E-state index < -0.39 is 0 Å². The lowest BCUT2D eigenvalue weighted by Gasteiger charge is -2.37. The lowest BCUT2D eigenvalue weighted by molar-refractivity contribution is 0.628. The maximum atomic E-state index is 3.27. The Hall–Kier alpha value is -0.670. The van der Waals surface area contributed by atoms with Crippen molar-refractivity contribution in [3.63, 3.8) is 0 Å². The summed E-state index contributed by atoms with van der Waals surface area (Å²) in [4.78, 5) is 3.87. The Kier molecular flexibility index (Phi) is 3.45. The van der Waals surface area contributed by atoms with Gasteiger partial charge in [-0.25, -0.2) is 0 Å². The number of hydrogen-bond acceptors (Lipinski definition) is 3. The predicted molar refractivity (Wildman–Crippen MR) is 72.8 cm³/mol. The van der Waals surface area contributed by atoms with Crippen LogP contribution in [0.5, 0.6) is 0 Å². The van der Waals surface area contributed by atoms with Crippen LogP contribution in [-0.4, -0.2) is 32.4 Å². The smallest absolute Gasteiger partial charge is 0.0534 e. The summed E-state index contributed by atoms with van der Waals surface area (Å²) in [5.74, 6) is 1.17. The first-order valence-corrected chi connectivity index (χ1v) is 6.73. The summed E-state index contributed by atoms with van der Waals surface area (Å²) in [7, 11) is 4.24. The molecule has 16 heavy (non-hydrogen) atoms. The molecular weight excluding hydrogens is 216 g/mol. The lowest BCUT2D eigenvalue weighted by atomic mass is 10.1. The third-order valence-electron chi connectivity index (χ3n) is 3.18. The number of fused-ring (bicyclic) bond motifs is 1. The molecule has 88 valence electrons. The second kappa shape index (κ2) is 4.68. The maximum Gasteiger partial charge on any atom is 0.0534 e. The highest BCUT2D eigenvalue weighted by Crippen LogP contribution is 2.39. The van der Waals surface area contributed by atoms with E-state index in [1.165, 1.54) is 27.5 Å². The van der Waals surface area contributed by atoms with E-state index in [9.17, 15) is 0 Å². The minimum Gasteiger partial charge on any atom is -0.368 e. The van der Waals surface area contributed by atoms with Crippen molar-refractivity contribution >= 4 is 17.4 Å². The number of nitrogens with one attached hydrogen (secondary N) is 1. The van der Waals surface area contributed by atoms with Crippen LogP contribution < -0.4 is 10.2 Å². The van der Waals surface area contributed by atoms with Gasteiger partial charge in [0, 0.05) is 24.2 Å². The van der Waals surface area contributed by atoms with Crippen molar-refractivity contribution in [2.45, 2.75) is 24.8 Å². The minimum atomic E-state index is 0.601. The van der Waals surface area contributed by atoms with Crippen molar-refractivity contribution in [3.8, 4) is 0 Å². The van der Waals surface area contributed by atoms with Crippen LogP contribution in [0, 0.1) is 13.8 Å². The summed E-state index contributed by atoms with van der Waals surface area (Å²) in [5, 5.41) is 3.27. The molecule has 2 nitrogen and oxygen atoms in total. The van der Waals surface area contributed by atoms with E-state index in [0.29, 0.717) is 6.04 Å². The first-order valence-electron chi connectivity index (χ1n) is 5.75. The van der Waals surface area contributed by atoms with Gasteiger partial charge in [-0.3, -0.25) is 0 Å². The second-order valence-electron chi connectivity index (χ2n) is 4.56. The third kappa shape index (κ3) is 2.06. The highest BCUT2D eigenvalue weighted by molar-refractivity contribution is 7.99. The van der Waals surface area contributed by atoms with Crippen LogP contribution in [0.1, 0.15) is 11.1 Å². The summed E-state index contributed by atoms with van der Waals surface area (Å²) in [6.07, 6.45) is 0. The molecule has 0 amide bonds. The van der Waals surface area contributed by atoms with E-state index in [1.54, 1.807) is 0 Å². The van der Waals surface area contributed by atoms with Gasteiger partial charge in [-0.2, -0.15) is 0 Å². The molecule has 0 spiro atoms. The molecular formula is C13H20N2S. The highest BCUT2D eigenvalue weighted by atomic mass is 32.2. The Labute approximate surface area is 102 Å². The van der Waals surface area contributed by atoms with Crippen molar-refractivity contribution in [2.75, 3.05) is 31.3 Å². The Morgan fingerprint density at radius 1 is 1.44 bits per heavy atom. The number of benzene rings is 1. The second-order valence-corrected chi connectivity index (χ2v) is 5.62. The number of aryl methyl sites for hydroxylation is 2. The van der Waals surface area contributed by atoms with Crippen LogP contribution in [0.25, 0.3) is 0 Å². The van der Waals surface area contributed by atoms with Crippen molar-refractivity contribution in [1.29, 1.82) is 0 Å². The SMILES string of the molecule is CNCC1CSc2cc(C)cc(C)c2N1C. The molecule has 1 N–H and O–H groups in total. The fourth-order valence-electron chi connectivity index (χ4n) is 2.39. The molecule has 0 bridgehead atoms. The maximum absolute atomic E-state index is 3.27. The Morgan fingerprint density at radius 2 is 2.19 bits per heavy atom. The largest absolute Gasteiger partial charge is 0.368 e. The van der Waals surface area contributed by atoms with Gasteiger partial charge in [0.05, 0.1) is 11.7 Å². The average molecular weight is 236 g/mol. The molecule has 0 radical (unpaired) electrons. The number of hydrogen-bond donors (Lipinski definition) is 1. The third-order valence-corrected chi connectivity index (χ3v) is 4.35.